The molecule has 2 aromatic carbocycles. The number of thiocarbonyl (C=S) groups is 1. The topological polar surface area (TPSA) is 0 Å². The van der Waals surface area contributed by atoms with Crippen molar-refractivity contribution in [2.75, 3.05) is 0 Å². The van der Waals surface area contributed by atoms with Crippen LogP contribution in [0.1, 0.15) is 61.1 Å². The summed E-state index contributed by atoms with van der Waals surface area (Å²) in [7, 11) is 0. The lowest BCUT2D eigenvalue weighted by Gasteiger charge is -2.14. The summed E-state index contributed by atoms with van der Waals surface area (Å²) in [5.74, 6) is 0. The summed E-state index contributed by atoms with van der Waals surface area (Å²) >= 11 is 5.60. The lowest BCUT2D eigenvalue weighted by molar-refractivity contribution is 0.978. The van der Waals surface area contributed by atoms with E-state index in [-0.39, 0.29) is 0 Å². The summed E-state index contributed by atoms with van der Waals surface area (Å²) in [6.45, 7) is 8.90. The van der Waals surface area contributed by atoms with E-state index >= 15 is 0 Å². The molecule has 0 unspecified atom stereocenters. The van der Waals surface area contributed by atoms with Gasteiger partial charge in [0, 0.05) is 4.86 Å². The Bertz CT molecular complexity index is 720. The van der Waals surface area contributed by atoms with E-state index in [1.807, 2.05) is 0 Å². The van der Waals surface area contributed by atoms with E-state index in [1.165, 1.54) is 27.8 Å². The molecule has 2 aromatic rings. The Morgan fingerprint density at radius 3 is 2.00 bits per heavy atom. The van der Waals surface area contributed by atoms with E-state index in [1.54, 1.807) is 0 Å². The zero-order valence-electron chi connectivity index (χ0n) is 15.4. The molecule has 0 nitrogen and oxygen atoms in total. The Kier molecular flexibility index (Phi) is 6.93. The predicted molar refractivity (Wildman–Crippen MR) is 111 cm³/mol. The summed E-state index contributed by atoms with van der Waals surface area (Å²) in [4.78, 5) is 0.900. The second-order valence-electron chi connectivity index (χ2n) is 6.08. The molecule has 2 rings (SSSR count). The van der Waals surface area contributed by atoms with Crippen molar-refractivity contribution >= 4 is 23.2 Å². The normalized spacial score (nSPS) is 11.2. The molecule has 0 radical (unpaired) electrons. The molecule has 0 aliphatic heterocycles. The smallest absolute Gasteiger partial charge is 0.0449 e. The summed E-state index contributed by atoms with van der Waals surface area (Å²) in [5.41, 5.74) is 8.24. The van der Waals surface area contributed by atoms with Crippen LogP contribution in [-0.4, -0.2) is 4.86 Å². The van der Waals surface area contributed by atoms with Crippen LogP contribution in [0.5, 0.6) is 0 Å². The van der Waals surface area contributed by atoms with Gasteiger partial charge in [-0.1, -0.05) is 82.4 Å². The molecule has 1 heteroatoms. The molecule has 0 aliphatic carbocycles. The fourth-order valence-electron chi connectivity index (χ4n) is 3.27. The number of hydrogen-bond donors (Lipinski definition) is 0. The molecule has 0 aliphatic rings. The van der Waals surface area contributed by atoms with Crippen molar-refractivity contribution in [1.82, 2.24) is 0 Å². The zero-order valence-corrected chi connectivity index (χ0v) is 16.2. The molecule has 126 valence electrons. The summed E-state index contributed by atoms with van der Waals surface area (Å²) in [6.07, 6.45) is 8.59. The highest BCUT2D eigenvalue weighted by atomic mass is 32.1. The lowest BCUT2D eigenvalue weighted by atomic mass is 9.91. The van der Waals surface area contributed by atoms with Crippen LogP contribution in [0.2, 0.25) is 0 Å². The minimum atomic E-state index is 0.900. The average Bonchev–Trinajstić information content (AvgIpc) is 2.64. The van der Waals surface area contributed by atoms with E-state index in [9.17, 15) is 0 Å². The number of aryl methyl sites for hydroxylation is 2. The number of rotatable bonds is 7. The van der Waals surface area contributed by atoms with Crippen LogP contribution in [0.25, 0.3) is 6.08 Å². The molecule has 0 N–H and O–H groups in total. The molecule has 24 heavy (non-hydrogen) atoms. The summed E-state index contributed by atoms with van der Waals surface area (Å²) in [5, 5.41) is 0. The van der Waals surface area contributed by atoms with Crippen LogP contribution in [0.15, 0.2) is 42.5 Å². The number of allylic oxidation sites excluding steroid dienone is 1. The van der Waals surface area contributed by atoms with Gasteiger partial charge in [0.15, 0.2) is 0 Å². The van der Waals surface area contributed by atoms with Gasteiger partial charge in [-0.05, 0) is 65.1 Å². The van der Waals surface area contributed by atoms with Crippen molar-refractivity contribution in [2.24, 2.45) is 0 Å². The van der Waals surface area contributed by atoms with Crippen molar-refractivity contribution in [2.45, 2.75) is 53.4 Å². The van der Waals surface area contributed by atoms with E-state index in [2.05, 4.69) is 76.2 Å². The van der Waals surface area contributed by atoms with Gasteiger partial charge in [-0.15, -0.1) is 0 Å². The Hall–Kier alpha value is -1.73. The molecule has 0 aromatic heterocycles. The van der Waals surface area contributed by atoms with E-state index in [4.69, 9.17) is 12.2 Å². The third-order valence-electron chi connectivity index (χ3n) is 4.71. The molecule has 0 saturated heterocycles. The van der Waals surface area contributed by atoms with Gasteiger partial charge >= 0.3 is 0 Å². The maximum Gasteiger partial charge on any atom is 0.0449 e. The van der Waals surface area contributed by atoms with Gasteiger partial charge in [0.25, 0.3) is 0 Å². The molecular weight excluding hydrogens is 308 g/mol. The highest BCUT2D eigenvalue weighted by molar-refractivity contribution is 7.81. The van der Waals surface area contributed by atoms with E-state index < -0.39 is 0 Å². The maximum absolute atomic E-state index is 5.60. The van der Waals surface area contributed by atoms with Gasteiger partial charge in [-0.25, -0.2) is 0 Å². The van der Waals surface area contributed by atoms with Crippen LogP contribution in [-0.2, 0) is 25.7 Å². The van der Waals surface area contributed by atoms with Crippen molar-refractivity contribution in [3.05, 3.63) is 75.9 Å². The molecular formula is C23H28S. The first-order valence-electron chi connectivity index (χ1n) is 9.09. The Morgan fingerprint density at radius 1 is 0.792 bits per heavy atom. The van der Waals surface area contributed by atoms with Crippen molar-refractivity contribution in [1.29, 1.82) is 0 Å². The summed E-state index contributed by atoms with van der Waals surface area (Å²) < 4.78 is 0. The second-order valence-corrected chi connectivity index (χ2v) is 6.52. The quantitative estimate of drug-likeness (QED) is 0.322. The Morgan fingerprint density at radius 2 is 1.46 bits per heavy atom. The van der Waals surface area contributed by atoms with Gasteiger partial charge in [-0.3, -0.25) is 0 Å². The number of benzene rings is 2. The molecule has 0 saturated carbocycles. The Balaban J connectivity index is 2.28. The van der Waals surface area contributed by atoms with Crippen molar-refractivity contribution in [3.63, 3.8) is 0 Å². The van der Waals surface area contributed by atoms with Crippen LogP contribution in [0.4, 0.5) is 0 Å². The summed E-state index contributed by atoms with van der Waals surface area (Å²) in [6, 6.07) is 13.1. The SMILES string of the molecule is CCc1ccc(C(=S)C=Cc2ccc(CC)c(CC)c2CC)cc1. The molecule has 0 atom stereocenters. The minimum Gasteiger partial charge on any atom is -0.0795 e. The van der Waals surface area contributed by atoms with Crippen molar-refractivity contribution in [3.8, 4) is 0 Å². The monoisotopic (exact) mass is 336 g/mol. The average molecular weight is 337 g/mol. The third-order valence-corrected chi connectivity index (χ3v) is 5.09. The Labute approximate surface area is 152 Å². The predicted octanol–water partition coefficient (Wildman–Crippen LogP) is 6.37. The zero-order chi connectivity index (χ0) is 17.5. The first-order valence-corrected chi connectivity index (χ1v) is 9.50. The second kappa shape index (κ2) is 8.94. The molecule has 0 fully saturated rings. The van der Waals surface area contributed by atoms with Crippen molar-refractivity contribution < 1.29 is 0 Å². The molecule has 0 amide bonds. The van der Waals surface area contributed by atoms with Gasteiger partial charge in [0.1, 0.15) is 0 Å². The van der Waals surface area contributed by atoms with E-state index in [0.717, 1.165) is 36.1 Å². The highest BCUT2D eigenvalue weighted by Gasteiger charge is 2.08. The lowest BCUT2D eigenvalue weighted by Crippen LogP contribution is -2.01. The van der Waals surface area contributed by atoms with Crippen LogP contribution in [0.3, 0.4) is 0 Å². The standard InChI is InChI=1S/C23H28S/c1-5-17-9-11-20(12-10-17)23(24)16-15-19-14-13-18(6-2)21(7-3)22(19)8-4/h9-16H,5-8H2,1-4H3. The fourth-order valence-corrected chi connectivity index (χ4v) is 3.48. The maximum atomic E-state index is 5.60. The molecule has 0 heterocycles. The highest BCUT2D eigenvalue weighted by Crippen LogP contribution is 2.23. The van der Waals surface area contributed by atoms with Gasteiger partial charge in [-0.2, -0.15) is 0 Å². The fraction of sp³-hybridized carbons (Fsp3) is 0.348. The van der Waals surface area contributed by atoms with Gasteiger partial charge < -0.3 is 0 Å². The van der Waals surface area contributed by atoms with Gasteiger partial charge in [0.05, 0.1) is 0 Å². The van der Waals surface area contributed by atoms with Crippen LogP contribution >= 0.6 is 12.2 Å². The molecule has 0 bridgehead atoms. The van der Waals surface area contributed by atoms with E-state index in [0.29, 0.717) is 0 Å². The largest absolute Gasteiger partial charge is 0.0795 e. The molecule has 0 spiro atoms. The van der Waals surface area contributed by atoms with Gasteiger partial charge in [0.2, 0.25) is 0 Å². The van der Waals surface area contributed by atoms with Crippen LogP contribution < -0.4 is 0 Å². The third kappa shape index (κ3) is 4.21. The van der Waals surface area contributed by atoms with Crippen LogP contribution in [0, 0.1) is 0 Å². The number of hydrogen-bond acceptors (Lipinski definition) is 1. The first-order chi connectivity index (χ1) is 11.6. The first kappa shape index (κ1) is 18.6. The minimum absolute atomic E-state index is 0.900.